The molecule has 1 N–H and O–H groups in total. The number of carbonyl (C=O) groups excluding carboxylic acids is 2. The Morgan fingerprint density at radius 1 is 1.04 bits per heavy atom. The van der Waals surface area contributed by atoms with Crippen LogP contribution < -0.4 is 15.6 Å². The number of nitrogens with zero attached hydrogens (tertiary/aromatic N) is 1. The van der Waals surface area contributed by atoms with Crippen LogP contribution in [-0.4, -0.2) is 16.4 Å². The second kappa shape index (κ2) is 7.42. The number of anilines is 1. The van der Waals surface area contributed by atoms with Crippen LogP contribution in [0.4, 0.5) is 5.69 Å². The molecule has 0 radical (unpaired) electrons. The molecule has 3 aromatic rings. The maximum atomic E-state index is 12.8. The lowest BCUT2D eigenvalue weighted by Crippen LogP contribution is -2.29. The molecule has 0 fully saturated rings. The van der Waals surface area contributed by atoms with Crippen molar-refractivity contribution in [3.05, 3.63) is 68.4 Å². The van der Waals surface area contributed by atoms with Crippen molar-refractivity contribution in [2.24, 2.45) is 7.05 Å². The largest absolute Gasteiger partial charge is 0.425 e. The van der Waals surface area contributed by atoms with Crippen molar-refractivity contribution in [1.29, 1.82) is 0 Å². The first-order valence-electron chi connectivity index (χ1n) is 7.85. The van der Waals surface area contributed by atoms with E-state index in [2.05, 4.69) is 5.32 Å². The van der Waals surface area contributed by atoms with Crippen molar-refractivity contribution in [2.75, 3.05) is 5.32 Å². The van der Waals surface area contributed by atoms with Crippen LogP contribution in [0, 0.1) is 0 Å². The van der Waals surface area contributed by atoms with Gasteiger partial charge in [-0.25, -0.2) is 0 Å². The van der Waals surface area contributed by atoms with E-state index in [4.69, 9.17) is 27.9 Å². The smallest absolute Gasteiger partial charge is 0.308 e. The summed E-state index contributed by atoms with van der Waals surface area (Å²) in [6.07, 6.45) is 0. The van der Waals surface area contributed by atoms with Crippen LogP contribution in [0.2, 0.25) is 10.0 Å². The summed E-state index contributed by atoms with van der Waals surface area (Å²) < 4.78 is 6.54. The van der Waals surface area contributed by atoms with Gasteiger partial charge >= 0.3 is 5.97 Å². The number of nitrogens with one attached hydrogen (secondary N) is 1. The average Bonchev–Trinajstić information content (AvgIpc) is 2.61. The van der Waals surface area contributed by atoms with Crippen LogP contribution in [0.15, 0.2) is 47.3 Å². The highest BCUT2D eigenvalue weighted by Gasteiger charge is 2.24. The molecular formula is C19H14Cl2N2O4. The molecule has 0 bridgehead atoms. The summed E-state index contributed by atoms with van der Waals surface area (Å²) in [6, 6.07) is 11.1. The van der Waals surface area contributed by atoms with Gasteiger partial charge in [0, 0.05) is 35.1 Å². The summed E-state index contributed by atoms with van der Waals surface area (Å²) in [4.78, 5) is 37.2. The number of aryl methyl sites for hydroxylation is 1. The van der Waals surface area contributed by atoms with Crippen LogP contribution in [0.3, 0.4) is 0 Å². The number of hydrogen-bond acceptors (Lipinski definition) is 4. The number of fused-ring (bicyclic) bond motifs is 1. The SMILES string of the molecule is CC(=O)Oc1c(C(=O)Nc2ccc(Cl)cc2)c(=O)n(C)c2ccc(Cl)cc12. The molecule has 0 saturated heterocycles. The molecular weight excluding hydrogens is 391 g/mol. The molecule has 6 nitrogen and oxygen atoms in total. The van der Waals surface area contributed by atoms with Gasteiger partial charge in [-0.15, -0.1) is 0 Å². The molecule has 0 spiro atoms. The van der Waals surface area contributed by atoms with Crippen LogP contribution in [0.1, 0.15) is 17.3 Å². The molecule has 1 aromatic heterocycles. The second-order valence-corrected chi connectivity index (χ2v) is 6.66. The Hall–Kier alpha value is -2.83. The van der Waals surface area contributed by atoms with E-state index in [9.17, 15) is 14.4 Å². The molecule has 8 heteroatoms. The molecule has 0 aliphatic rings. The summed E-state index contributed by atoms with van der Waals surface area (Å²) in [5, 5.41) is 3.87. The standard InChI is InChI=1S/C19H14Cl2N2O4/c1-10(24)27-17-14-9-12(21)5-8-15(14)23(2)19(26)16(17)18(25)22-13-6-3-11(20)4-7-13/h3-9H,1-2H3,(H,22,25). The minimum atomic E-state index is -0.712. The molecule has 2 aromatic carbocycles. The number of halogens is 2. The Morgan fingerprint density at radius 2 is 1.67 bits per heavy atom. The highest BCUT2D eigenvalue weighted by atomic mass is 35.5. The zero-order valence-corrected chi connectivity index (χ0v) is 15.9. The summed E-state index contributed by atoms with van der Waals surface area (Å²) >= 11 is 11.9. The van der Waals surface area contributed by atoms with E-state index in [1.54, 1.807) is 36.4 Å². The molecule has 0 aliphatic carbocycles. The second-order valence-electron chi connectivity index (χ2n) is 5.78. The van der Waals surface area contributed by atoms with Crippen LogP contribution in [0.5, 0.6) is 5.75 Å². The maximum absolute atomic E-state index is 12.8. The lowest BCUT2D eigenvalue weighted by molar-refractivity contribution is -0.131. The van der Waals surface area contributed by atoms with Crippen LogP contribution in [-0.2, 0) is 11.8 Å². The van der Waals surface area contributed by atoms with Crippen LogP contribution >= 0.6 is 23.2 Å². The number of benzene rings is 2. The number of carbonyl (C=O) groups is 2. The summed E-state index contributed by atoms with van der Waals surface area (Å²) in [6.45, 7) is 1.19. The number of amides is 1. The van der Waals surface area contributed by atoms with Gasteiger partial charge in [0.1, 0.15) is 5.56 Å². The topological polar surface area (TPSA) is 77.4 Å². The van der Waals surface area contributed by atoms with E-state index in [1.165, 1.54) is 24.6 Å². The number of aromatic nitrogens is 1. The summed E-state index contributed by atoms with van der Waals surface area (Å²) in [5.74, 6) is -1.50. The molecule has 0 atom stereocenters. The first-order valence-corrected chi connectivity index (χ1v) is 8.61. The fraction of sp³-hybridized carbons (Fsp3) is 0.105. The minimum Gasteiger partial charge on any atom is -0.425 e. The van der Waals surface area contributed by atoms with Crippen molar-refractivity contribution in [3.8, 4) is 5.75 Å². The van der Waals surface area contributed by atoms with Gasteiger partial charge in [-0.2, -0.15) is 0 Å². The van der Waals surface area contributed by atoms with Gasteiger partial charge in [0.05, 0.1) is 5.52 Å². The Kier molecular flexibility index (Phi) is 5.21. The van der Waals surface area contributed by atoms with Crippen molar-refractivity contribution in [1.82, 2.24) is 4.57 Å². The zero-order valence-electron chi connectivity index (χ0n) is 14.4. The van der Waals surface area contributed by atoms with E-state index in [0.29, 0.717) is 26.6 Å². The van der Waals surface area contributed by atoms with E-state index < -0.39 is 17.4 Å². The van der Waals surface area contributed by atoms with E-state index >= 15 is 0 Å². The molecule has 27 heavy (non-hydrogen) atoms. The fourth-order valence-corrected chi connectivity index (χ4v) is 2.97. The van der Waals surface area contributed by atoms with Gasteiger partial charge in [0.15, 0.2) is 5.75 Å². The molecule has 0 unspecified atom stereocenters. The quantitative estimate of drug-likeness (QED) is 0.668. The molecule has 138 valence electrons. The fourth-order valence-electron chi connectivity index (χ4n) is 2.67. The van der Waals surface area contributed by atoms with Crippen molar-refractivity contribution in [3.63, 3.8) is 0 Å². The lowest BCUT2D eigenvalue weighted by atomic mass is 10.1. The Morgan fingerprint density at radius 3 is 2.30 bits per heavy atom. The Bertz CT molecular complexity index is 1120. The molecule has 1 heterocycles. The summed E-state index contributed by atoms with van der Waals surface area (Å²) in [7, 11) is 1.52. The Labute approximate surface area is 164 Å². The van der Waals surface area contributed by atoms with Gasteiger partial charge in [-0.1, -0.05) is 23.2 Å². The third kappa shape index (κ3) is 3.82. The van der Waals surface area contributed by atoms with Gasteiger partial charge in [-0.05, 0) is 42.5 Å². The predicted octanol–water partition coefficient (Wildman–Crippen LogP) is 4.02. The van der Waals surface area contributed by atoms with Crippen LogP contribution in [0.25, 0.3) is 10.9 Å². The highest BCUT2D eigenvalue weighted by Crippen LogP contribution is 2.30. The molecule has 1 amide bonds. The van der Waals surface area contributed by atoms with Crippen molar-refractivity contribution in [2.45, 2.75) is 6.92 Å². The number of ether oxygens (including phenoxy) is 1. The van der Waals surface area contributed by atoms with E-state index in [-0.39, 0.29) is 11.3 Å². The minimum absolute atomic E-state index is 0.130. The van der Waals surface area contributed by atoms with Gasteiger partial charge < -0.3 is 14.6 Å². The van der Waals surface area contributed by atoms with Gasteiger partial charge in [-0.3, -0.25) is 14.4 Å². The third-order valence-corrected chi connectivity index (χ3v) is 4.37. The normalized spacial score (nSPS) is 10.7. The van der Waals surface area contributed by atoms with E-state index in [0.717, 1.165) is 0 Å². The maximum Gasteiger partial charge on any atom is 0.308 e. The first-order chi connectivity index (χ1) is 12.8. The predicted molar refractivity (Wildman–Crippen MR) is 105 cm³/mol. The zero-order chi connectivity index (χ0) is 19.7. The molecule has 0 saturated carbocycles. The number of esters is 1. The monoisotopic (exact) mass is 404 g/mol. The third-order valence-electron chi connectivity index (χ3n) is 3.89. The Balaban J connectivity index is 2.22. The van der Waals surface area contributed by atoms with Gasteiger partial charge in [0.2, 0.25) is 0 Å². The molecule has 0 aliphatic heterocycles. The van der Waals surface area contributed by atoms with Gasteiger partial charge in [0.25, 0.3) is 11.5 Å². The molecule has 3 rings (SSSR count). The average molecular weight is 405 g/mol. The van der Waals surface area contributed by atoms with E-state index in [1.807, 2.05) is 0 Å². The number of rotatable bonds is 3. The number of hydrogen-bond donors (Lipinski definition) is 1. The first kappa shape index (κ1) is 18.9. The lowest BCUT2D eigenvalue weighted by Gasteiger charge is -2.15. The highest BCUT2D eigenvalue weighted by molar-refractivity contribution is 6.31. The summed E-state index contributed by atoms with van der Waals surface area (Å²) in [5.41, 5.74) is 0.0139. The number of pyridine rings is 1. The van der Waals surface area contributed by atoms with Crippen molar-refractivity contribution < 1.29 is 14.3 Å². The van der Waals surface area contributed by atoms with Crippen molar-refractivity contribution >= 4 is 51.7 Å².